The topological polar surface area (TPSA) is 58.2 Å². The Kier molecular flexibility index (Phi) is 5.74. The van der Waals surface area contributed by atoms with E-state index in [1.54, 1.807) is 12.1 Å². The van der Waals surface area contributed by atoms with Crippen LogP contribution in [0.4, 0.5) is 5.69 Å². The molecule has 1 aromatic carbocycles. The Morgan fingerprint density at radius 1 is 1.30 bits per heavy atom. The summed E-state index contributed by atoms with van der Waals surface area (Å²) in [5.74, 6) is 2.01. The van der Waals surface area contributed by atoms with Crippen LogP contribution >= 0.6 is 11.8 Å². The van der Waals surface area contributed by atoms with Crippen LogP contribution in [-0.4, -0.2) is 32.5 Å². The van der Waals surface area contributed by atoms with E-state index in [4.69, 9.17) is 0 Å². The largest absolute Gasteiger partial charge is 0.385 e. The summed E-state index contributed by atoms with van der Waals surface area (Å²) >= 11 is 1.81. The van der Waals surface area contributed by atoms with Gasteiger partial charge in [-0.15, -0.1) is 0 Å². The lowest BCUT2D eigenvalue weighted by Gasteiger charge is -2.22. The molecule has 6 heteroatoms. The summed E-state index contributed by atoms with van der Waals surface area (Å²) in [6.07, 6.45) is 3.06. The van der Waals surface area contributed by atoms with Crippen LogP contribution in [0.15, 0.2) is 29.2 Å². The van der Waals surface area contributed by atoms with E-state index < -0.39 is 10.0 Å². The van der Waals surface area contributed by atoms with Crippen LogP contribution in [0, 0.1) is 0 Å². The monoisotopic (exact) mass is 314 g/mol. The molecular formula is C14H22N2O2S2. The van der Waals surface area contributed by atoms with Gasteiger partial charge in [-0.25, -0.2) is 13.1 Å². The van der Waals surface area contributed by atoms with Gasteiger partial charge in [0.15, 0.2) is 0 Å². The van der Waals surface area contributed by atoms with Crippen LogP contribution in [-0.2, 0) is 10.0 Å². The summed E-state index contributed by atoms with van der Waals surface area (Å²) in [5, 5.41) is 3.24. The van der Waals surface area contributed by atoms with Crippen molar-refractivity contribution in [3.05, 3.63) is 24.3 Å². The fourth-order valence-electron chi connectivity index (χ4n) is 2.14. The number of thioether (sulfide) groups is 1. The van der Waals surface area contributed by atoms with Crippen LogP contribution in [0.3, 0.4) is 0 Å². The minimum atomic E-state index is -3.39. The SMILES string of the molecule is CCCNc1ccc(S(=O)(=O)NC2CCCSC2)cc1. The quantitative estimate of drug-likeness (QED) is 0.847. The third kappa shape index (κ3) is 4.40. The second kappa shape index (κ2) is 7.33. The number of hydrogen-bond donors (Lipinski definition) is 2. The summed E-state index contributed by atoms with van der Waals surface area (Å²) < 4.78 is 27.4. The summed E-state index contributed by atoms with van der Waals surface area (Å²) in [6, 6.07) is 7.03. The van der Waals surface area contributed by atoms with E-state index in [0.29, 0.717) is 4.90 Å². The minimum absolute atomic E-state index is 0.0663. The fraction of sp³-hybridized carbons (Fsp3) is 0.571. The van der Waals surface area contributed by atoms with Gasteiger partial charge in [0, 0.05) is 24.0 Å². The van der Waals surface area contributed by atoms with Crippen molar-refractivity contribution >= 4 is 27.5 Å². The summed E-state index contributed by atoms with van der Waals surface area (Å²) in [4.78, 5) is 0.343. The molecule has 1 aromatic rings. The predicted octanol–water partition coefficient (Wildman–Crippen LogP) is 2.68. The Balaban J connectivity index is 2.01. The number of rotatable bonds is 6. The molecule has 2 N–H and O–H groups in total. The lowest BCUT2D eigenvalue weighted by atomic mass is 10.2. The van der Waals surface area contributed by atoms with Crippen LogP contribution in [0.5, 0.6) is 0 Å². The highest BCUT2D eigenvalue weighted by atomic mass is 32.2. The van der Waals surface area contributed by atoms with E-state index in [0.717, 1.165) is 43.0 Å². The first kappa shape index (κ1) is 15.7. The van der Waals surface area contributed by atoms with Crippen molar-refractivity contribution in [1.29, 1.82) is 0 Å². The second-order valence-corrected chi connectivity index (χ2v) is 7.85. The normalized spacial score (nSPS) is 19.8. The van der Waals surface area contributed by atoms with Crippen molar-refractivity contribution in [3.8, 4) is 0 Å². The molecule has 1 unspecified atom stereocenters. The van der Waals surface area contributed by atoms with Crippen molar-refractivity contribution in [2.45, 2.75) is 37.1 Å². The zero-order chi connectivity index (χ0) is 14.4. The Labute approximate surface area is 125 Å². The lowest BCUT2D eigenvalue weighted by Crippen LogP contribution is -2.38. The molecule has 20 heavy (non-hydrogen) atoms. The van der Waals surface area contributed by atoms with E-state index in [1.165, 1.54) is 0 Å². The molecule has 1 aliphatic heterocycles. The smallest absolute Gasteiger partial charge is 0.240 e. The molecule has 1 heterocycles. The van der Waals surface area contributed by atoms with Crippen molar-refractivity contribution in [3.63, 3.8) is 0 Å². The standard InChI is InChI=1S/C14H22N2O2S2/c1-2-9-15-12-5-7-14(8-6-12)20(17,18)16-13-4-3-10-19-11-13/h5-8,13,15-16H,2-4,9-11H2,1H3. The summed E-state index contributed by atoms with van der Waals surface area (Å²) in [7, 11) is -3.39. The second-order valence-electron chi connectivity index (χ2n) is 4.99. The molecule has 0 bridgehead atoms. The van der Waals surface area contributed by atoms with Gasteiger partial charge in [-0.1, -0.05) is 6.92 Å². The van der Waals surface area contributed by atoms with Crippen LogP contribution in [0.2, 0.25) is 0 Å². The van der Waals surface area contributed by atoms with E-state index in [-0.39, 0.29) is 6.04 Å². The maximum atomic E-state index is 12.3. The van der Waals surface area contributed by atoms with E-state index >= 15 is 0 Å². The fourth-order valence-corrected chi connectivity index (χ4v) is 4.59. The Bertz CT molecular complexity index is 508. The number of anilines is 1. The lowest BCUT2D eigenvalue weighted by molar-refractivity contribution is 0.543. The molecule has 0 aromatic heterocycles. The molecule has 0 aliphatic carbocycles. The molecule has 0 radical (unpaired) electrons. The van der Waals surface area contributed by atoms with E-state index in [2.05, 4.69) is 17.0 Å². The molecule has 1 atom stereocenters. The van der Waals surface area contributed by atoms with Gasteiger partial charge in [0.05, 0.1) is 4.90 Å². The first-order valence-corrected chi connectivity index (χ1v) is 9.69. The highest BCUT2D eigenvalue weighted by Gasteiger charge is 2.21. The number of hydrogen-bond acceptors (Lipinski definition) is 4. The van der Waals surface area contributed by atoms with E-state index in [9.17, 15) is 8.42 Å². The molecule has 2 rings (SSSR count). The van der Waals surface area contributed by atoms with Gasteiger partial charge in [-0.2, -0.15) is 11.8 Å². The van der Waals surface area contributed by atoms with Crippen LogP contribution in [0.1, 0.15) is 26.2 Å². The van der Waals surface area contributed by atoms with Crippen molar-refractivity contribution in [2.75, 3.05) is 23.4 Å². The highest BCUT2D eigenvalue weighted by molar-refractivity contribution is 7.99. The van der Waals surface area contributed by atoms with Gasteiger partial charge in [0.1, 0.15) is 0 Å². The Morgan fingerprint density at radius 2 is 2.05 bits per heavy atom. The van der Waals surface area contributed by atoms with Crippen molar-refractivity contribution in [1.82, 2.24) is 4.72 Å². The number of benzene rings is 1. The van der Waals surface area contributed by atoms with Gasteiger partial charge in [-0.3, -0.25) is 0 Å². The molecule has 0 amide bonds. The predicted molar refractivity (Wildman–Crippen MR) is 85.9 cm³/mol. The van der Waals surface area contributed by atoms with Gasteiger partial charge in [-0.05, 0) is 49.3 Å². The number of nitrogens with one attached hydrogen (secondary N) is 2. The van der Waals surface area contributed by atoms with Crippen molar-refractivity contribution < 1.29 is 8.42 Å². The molecule has 0 spiro atoms. The maximum absolute atomic E-state index is 12.3. The molecule has 1 aliphatic rings. The van der Waals surface area contributed by atoms with Gasteiger partial charge >= 0.3 is 0 Å². The molecule has 1 saturated heterocycles. The highest BCUT2D eigenvalue weighted by Crippen LogP contribution is 2.20. The molecular weight excluding hydrogens is 292 g/mol. The average Bonchev–Trinajstić information content (AvgIpc) is 2.46. The van der Waals surface area contributed by atoms with Gasteiger partial charge in [0.2, 0.25) is 10.0 Å². The summed E-state index contributed by atoms with van der Waals surface area (Å²) in [5.41, 5.74) is 0.957. The minimum Gasteiger partial charge on any atom is -0.385 e. The molecule has 1 fully saturated rings. The molecule has 112 valence electrons. The van der Waals surface area contributed by atoms with Gasteiger partial charge < -0.3 is 5.32 Å². The Morgan fingerprint density at radius 3 is 2.65 bits per heavy atom. The average molecular weight is 314 g/mol. The molecule has 4 nitrogen and oxygen atoms in total. The Hall–Kier alpha value is -0.720. The summed E-state index contributed by atoms with van der Waals surface area (Å²) in [6.45, 7) is 2.99. The zero-order valence-corrected chi connectivity index (χ0v) is 13.4. The first-order valence-electron chi connectivity index (χ1n) is 7.06. The zero-order valence-electron chi connectivity index (χ0n) is 11.8. The first-order chi connectivity index (χ1) is 9.62. The maximum Gasteiger partial charge on any atom is 0.240 e. The van der Waals surface area contributed by atoms with Crippen molar-refractivity contribution in [2.24, 2.45) is 0 Å². The molecule has 0 saturated carbocycles. The third-order valence-electron chi connectivity index (χ3n) is 3.23. The van der Waals surface area contributed by atoms with Crippen LogP contribution < -0.4 is 10.0 Å². The third-order valence-corrected chi connectivity index (χ3v) is 5.98. The van der Waals surface area contributed by atoms with Crippen LogP contribution in [0.25, 0.3) is 0 Å². The van der Waals surface area contributed by atoms with Gasteiger partial charge in [0.25, 0.3) is 0 Å². The number of sulfonamides is 1. The van der Waals surface area contributed by atoms with E-state index in [1.807, 2.05) is 23.9 Å².